The van der Waals surface area contributed by atoms with Crippen molar-refractivity contribution in [2.24, 2.45) is 17.8 Å². The topological polar surface area (TPSA) is 135 Å². The lowest BCUT2D eigenvalue weighted by molar-refractivity contribution is -0.151. The molecule has 1 aromatic heterocycles. The lowest BCUT2D eigenvalue weighted by Crippen LogP contribution is -2.29. The first-order chi connectivity index (χ1) is 21.9. The van der Waals surface area contributed by atoms with E-state index in [0.29, 0.717) is 92.0 Å². The highest BCUT2D eigenvalue weighted by Crippen LogP contribution is 2.39. The van der Waals surface area contributed by atoms with E-state index < -0.39 is 0 Å². The molecule has 10 nitrogen and oxygen atoms in total. The van der Waals surface area contributed by atoms with Gasteiger partial charge in [-0.15, -0.1) is 11.3 Å². The molecule has 0 N–H and O–H groups in total. The molecule has 0 saturated heterocycles. The summed E-state index contributed by atoms with van der Waals surface area (Å²) in [4.78, 5) is 62.8. The first kappa shape index (κ1) is 33.8. The van der Waals surface area contributed by atoms with Gasteiger partial charge in [0.1, 0.15) is 23.3 Å². The van der Waals surface area contributed by atoms with Crippen LogP contribution in [-0.4, -0.2) is 49.0 Å². The summed E-state index contributed by atoms with van der Waals surface area (Å²) < 4.78 is 23.4. The zero-order valence-electron chi connectivity index (χ0n) is 25.7. The van der Waals surface area contributed by atoms with Gasteiger partial charge in [0.2, 0.25) is 0 Å². The number of esters is 3. The minimum absolute atomic E-state index is 0.0789. The standard InChI is InChI=1S/C33H37NO8S.CH2O/c1-3-39-31(36)20-9-11-22(12-10-20)33(38)42-27-18-17-24(41-23-15-13-21(14-16-23)32(37)40-4-2)19-26(27)30-34-29(35)25-7-5-6-8-28(25)43-30;1-2/h5-8,17-23H,3-4,9-16H2,1-2H3;1H2. The van der Waals surface area contributed by atoms with Crippen LogP contribution in [0.25, 0.3) is 20.7 Å². The Bertz CT molecular complexity index is 1540. The second kappa shape index (κ2) is 16.3. The summed E-state index contributed by atoms with van der Waals surface area (Å²) in [5, 5.41) is 0.952. The van der Waals surface area contributed by atoms with Gasteiger partial charge in [-0.05, 0) is 95.5 Å². The number of benzene rings is 2. The van der Waals surface area contributed by atoms with Crippen molar-refractivity contribution in [3.63, 3.8) is 0 Å². The van der Waals surface area contributed by atoms with E-state index >= 15 is 0 Å². The van der Waals surface area contributed by atoms with Crippen molar-refractivity contribution in [2.45, 2.75) is 71.3 Å². The number of ether oxygens (including phenoxy) is 4. The Morgan fingerprint density at radius 3 is 1.96 bits per heavy atom. The quantitative estimate of drug-likeness (QED) is 0.206. The predicted molar refractivity (Wildman–Crippen MR) is 169 cm³/mol. The molecule has 0 aliphatic heterocycles. The van der Waals surface area contributed by atoms with Crippen molar-refractivity contribution < 1.29 is 38.1 Å². The second-order valence-corrected chi connectivity index (χ2v) is 12.1. The van der Waals surface area contributed by atoms with Gasteiger partial charge in [0.15, 0.2) is 0 Å². The molecule has 2 aromatic carbocycles. The van der Waals surface area contributed by atoms with Crippen LogP contribution < -0.4 is 15.0 Å². The van der Waals surface area contributed by atoms with Crippen LogP contribution in [0.1, 0.15) is 65.2 Å². The van der Waals surface area contributed by atoms with E-state index in [-0.39, 0.29) is 47.3 Å². The minimum Gasteiger partial charge on any atom is -0.490 e. The monoisotopic (exact) mass is 637 g/mol. The van der Waals surface area contributed by atoms with E-state index in [1.54, 1.807) is 37.3 Å². The SMILES string of the molecule is C=O.CCOC(=O)C1CCC(Oc2ccc(OC(=O)C3CCC(C(=O)OCC)CC3)c(-c3nc(=O)c4ccccc4s3)c2)CC1. The third-order valence-electron chi connectivity index (χ3n) is 8.20. The van der Waals surface area contributed by atoms with Crippen LogP contribution in [0.2, 0.25) is 0 Å². The van der Waals surface area contributed by atoms with E-state index in [4.69, 9.17) is 23.7 Å². The third kappa shape index (κ3) is 8.54. The molecular formula is C34H39NO9S. The Morgan fingerprint density at radius 1 is 0.800 bits per heavy atom. The Hall–Kier alpha value is -4.12. The number of nitrogens with zero attached hydrogens (tertiary/aromatic N) is 1. The van der Waals surface area contributed by atoms with E-state index in [0.717, 1.165) is 4.70 Å². The summed E-state index contributed by atoms with van der Waals surface area (Å²) in [5.74, 6) is -0.505. The molecule has 0 bridgehead atoms. The molecule has 2 fully saturated rings. The van der Waals surface area contributed by atoms with Gasteiger partial charge in [0, 0.05) is 4.70 Å². The smallest absolute Gasteiger partial charge is 0.314 e. The van der Waals surface area contributed by atoms with E-state index in [1.165, 1.54) is 11.3 Å². The highest BCUT2D eigenvalue weighted by Gasteiger charge is 2.33. The molecule has 5 rings (SSSR count). The molecule has 1 heterocycles. The van der Waals surface area contributed by atoms with Crippen LogP contribution >= 0.6 is 11.3 Å². The first-order valence-corrected chi connectivity index (χ1v) is 16.2. The van der Waals surface area contributed by atoms with Crippen LogP contribution in [-0.2, 0) is 28.7 Å². The molecule has 3 aromatic rings. The van der Waals surface area contributed by atoms with Gasteiger partial charge in [-0.2, -0.15) is 4.98 Å². The van der Waals surface area contributed by atoms with E-state index in [1.807, 2.05) is 25.8 Å². The van der Waals surface area contributed by atoms with Crippen LogP contribution in [0.4, 0.5) is 0 Å². The molecule has 240 valence electrons. The van der Waals surface area contributed by atoms with Crippen molar-refractivity contribution in [3.05, 3.63) is 52.8 Å². The van der Waals surface area contributed by atoms with Gasteiger partial charge >= 0.3 is 17.9 Å². The molecule has 0 radical (unpaired) electrons. The Morgan fingerprint density at radius 2 is 1.36 bits per heavy atom. The second-order valence-electron chi connectivity index (χ2n) is 11.0. The van der Waals surface area contributed by atoms with E-state index in [2.05, 4.69) is 4.98 Å². The Kier molecular flexibility index (Phi) is 12.2. The van der Waals surface area contributed by atoms with Gasteiger partial charge < -0.3 is 23.7 Å². The lowest BCUT2D eigenvalue weighted by Gasteiger charge is -2.28. The Balaban J connectivity index is 0.00000226. The van der Waals surface area contributed by atoms with Crippen molar-refractivity contribution in [2.75, 3.05) is 13.2 Å². The molecule has 2 aliphatic carbocycles. The van der Waals surface area contributed by atoms with Crippen LogP contribution in [0.3, 0.4) is 0 Å². The third-order valence-corrected chi connectivity index (χ3v) is 9.28. The number of carbonyl (C=O) groups is 4. The van der Waals surface area contributed by atoms with Gasteiger partial charge in [0.05, 0.1) is 48.0 Å². The zero-order chi connectivity index (χ0) is 32.3. The van der Waals surface area contributed by atoms with Crippen LogP contribution in [0, 0.1) is 17.8 Å². The molecule has 0 spiro atoms. The summed E-state index contributed by atoms with van der Waals surface area (Å²) in [6, 6.07) is 12.5. The fourth-order valence-electron chi connectivity index (χ4n) is 5.85. The van der Waals surface area contributed by atoms with Crippen molar-refractivity contribution in [1.29, 1.82) is 0 Å². The largest absolute Gasteiger partial charge is 0.490 e. The zero-order valence-corrected chi connectivity index (χ0v) is 26.5. The molecule has 0 unspecified atom stereocenters. The summed E-state index contributed by atoms with van der Waals surface area (Å²) in [6.45, 7) is 6.31. The maximum absolute atomic E-state index is 13.3. The van der Waals surface area contributed by atoms with Crippen molar-refractivity contribution >= 4 is 46.1 Å². The van der Waals surface area contributed by atoms with Crippen LogP contribution in [0.15, 0.2) is 47.3 Å². The van der Waals surface area contributed by atoms with Crippen molar-refractivity contribution in [1.82, 2.24) is 4.98 Å². The summed E-state index contributed by atoms with van der Waals surface area (Å²) in [6.07, 6.45) is 4.96. The number of hydrogen-bond donors (Lipinski definition) is 0. The summed E-state index contributed by atoms with van der Waals surface area (Å²) in [5.41, 5.74) is 0.140. The first-order valence-electron chi connectivity index (χ1n) is 15.4. The molecule has 0 amide bonds. The fraction of sp³-hybridized carbons (Fsp3) is 0.471. The molecule has 2 saturated carbocycles. The average molecular weight is 638 g/mol. The number of fused-ring (bicyclic) bond motifs is 1. The maximum Gasteiger partial charge on any atom is 0.314 e. The number of carbonyl (C=O) groups excluding carboxylic acids is 4. The normalized spacial score (nSPS) is 21.1. The minimum atomic E-state index is -0.373. The highest BCUT2D eigenvalue weighted by atomic mass is 32.1. The predicted octanol–water partition coefficient (Wildman–Crippen LogP) is 5.91. The van der Waals surface area contributed by atoms with Gasteiger partial charge in [-0.25, -0.2) is 0 Å². The highest BCUT2D eigenvalue weighted by molar-refractivity contribution is 7.21. The molecule has 0 atom stereocenters. The summed E-state index contributed by atoms with van der Waals surface area (Å²) in [7, 11) is 0. The lowest BCUT2D eigenvalue weighted by atomic mass is 9.82. The molecule has 11 heteroatoms. The maximum atomic E-state index is 13.3. The molecular weight excluding hydrogens is 598 g/mol. The van der Waals surface area contributed by atoms with E-state index in [9.17, 15) is 19.2 Å². The van der Waals surface area contributed by atoms with Crippen molar-refractivity contribution in [3.8, 4) is 22.1 Å². The number of hydrogen-bond acceptors (Lipinski definition) is 11. The molecule has 45 heavy (non-hydrogen) atoms. The number of rotatable bonds is 9. The average Bonchev–Trinajstić information content (AvgIpc) is 3.07. The van der Waals surface area contributed by atoms with Gasteiger partial charge in [-0.3, -0.25) is 19.2 Å². The van der Waals surface area contributed by atoms with Gasteiger partial charge in [-0.1, -0.05) is 12.1 Å². The molecule has 2 aliphatic rings. The van der Waals surface area contributed by atoms with Crippen LogP contribution in [0.5, 0.6) is 11.5 Å². The summed E-state index contributed by atoms with van der Waals surface area (Å²) >= 11 is 1.34. The fourth-order valence-corrected chi connectivity index (χ4v) is 6.87. The number of aromatic nitrogens is 1. The Labute approximate surface area is 266 Å². The van der Waals surface area contributed by atoms with Gasteiger partial charge in [0.25, 0.3) is 5.56 Å².